The van der Waals surface area contributed by atoms with E-state index in [0.717, 1.165) is 31.4 Å². The van der Waals surface area contributed by atoms with E-state index in [1.807, 2.05) is 0 Å². The molecule has 0 radical (unpaired) electrons. The van der Waals surface area contributed by atoms with Gasteiger partial charge in [0.2, 0.25) is 5.88 Å². The molecule has 0 spiro atoms. The van der Waals surface area contributed by atoms with Crippen molar-refractivity contribution in [2.75, 3.05) is 7.11 Å². The molecule has 1 aromatic heterocycles. The second-order valence-corrected chi connectivity index (χ2v) is 8.15. The Balaban J connectivity index is 2.07. The second-order valence-electron chi connectivity index (χ2n) is 6.73. The van der Waals surface area contributed by atoms with Gasteiger partial charge in [-0.3, -0.25) is 18.9 Å². The van der Waals surface area contributed by atoms with Gasteiger partial charge in [0.05, 0.1) is 24.1 Å². The maximum Gasteiger partial charge on any atom is 0.514 e. The zero-order chi connectivity index (χ0) is 24.3. The third-order valence-electron chi connectivity index (χ3n) is 4.52. The van der Waals surface area contributed by atoms with Crippen molar-refractivity contribution >= 4 is 16.3 Å². The van der Waals surface area contributed by atoms with Gasteiger partial charge in [0.25, 0.3) is 15.7 Å². The van der Waals surface area contributed by atoms with Gasteiger partial charge in [0.1, 0.15) is 0 Å². The summed E-state index contributed by atoms with van der Waals surface area (Å²) in [5.41, 5.74) is -1.62. The summed E-state index contributed by atoms with van der Waals surface area (Å²) in [6.07, 6.45) is -1.45. The van der Waals surface area contributed by atoms with Crippen molar-refractivity contribution in [1.29, 1.82) is 0 Å². The lowest BCUT2D eigenvalue weighted by atomic mass is 10.1. The third kappa shape index (κ3) is 5.51. The largest absolute Gasteiger partial charge is 0.514 e. The molecule has 0 bridgehead atoms. The first-order valence-corrected chi connectivity index (χ1v) is 10.6. The maximum atomic E-state index is 13.5. The number of methoxy groups -OCH3 is 1. The Morgan fingerprint density at radius 1 is 1.06 bits per heavy atom. The number of ether oxygens (including phenoxy) is 2. The van der Waals surface area contributed by atoms with E-state index >= 15 is 0 Å². The minimum atomic E-state index is -4.44. The summed E-state index contributed by atoms with van der Waals surface area (Å²) in [6, 6.07) is 7.65. The van der Waals surface area contributed by atoms with Crippen LogP contribution in [-0.2, 0) is 27.8 Å². The minimum absolute atomic E-state index is 0.117. The highest BCUT2D eigenvalue weighted by Crippen LogP contribution is 2.18. The molecule has 2 N–H and O–H groups in total. The average Bonchev–Trinajstić information content (AvgIpc) is 2.76. The zero-order valence-corrected chi connectivity index (χ0v) is 17.7. The number of hydrogen-bond donors (Lipinski definition) is 2. The maximum absolute atomic E-state index is 13.5. The van der Waals surface area contributed by atoms with Gasteiger partial charge in [-0.25, -0.2) is 18.4 Å². The van der Waals surface area contributed by atoms with E-state index in [2.05, 4.69) is 9.72 Å². The summed E-state index contributed by atoms with van der Waals surface area (Å²) in [6.45, 7) is -0.418. The molecule has 1 heterocycles. The van der Waals surface area contributed by atoms with E-state index in [-0.39, 0.29) is 22.4 Å². The molecule has 3 aromatic rings. The molecule has 0 saturated heterocycles. The molecule has 0 fully saturated rings. The van der Waals surface area contributed by atoms with Crippen LogP contribution in [0.4, 0.5) is 13.6 Å². The SMILES string of the molecule is COC(=O)Oc1[nH]c(=O)n(Cc2ccc(F)c(F)c2)c(=O)c1Cc1ccc(S(=O)(=O)O)cc1. The summed E-state index contributed by atoms with van der Waals surface area (Å²) >= 11 is 0. The lowest BCUT2D eigenvalue weighted by molar-refractivity contribution is 0.119. The number of aromatic nitrogens is 2. The number of benzene rings is 2. The Morgan fingerprint density at radius 3 is 2.27 bits per heavy atom. The number of rotatable bonds is 6. The normalized spacial score (nSPS) is 11.3. The van der Waals surface area contributed by atoms with Crippen LogP contribution < -0.4 is 16.0 Å². The number of nitrogens with one attached hydrogen (secondary N) is 1. The molecular weight excluding hydrogens is 466 g/mol. The van der Waals surface area contributed by atoms with Gasteiger partial charge < -0.3 is 9.47 Å². The van der Waals surface area contributed by atoms with Crippen LogP contribution in [0, 0.1) is 11.6 Å². The fourth-order valence-electron chi connectivity index (χ4n) is 2.91. The molecule has 0 amide bonds. The van der Waals surface area contributed by atoms with Crippen LogP contribution in [0.15, 0.2) is 56.9 Å². The Morgan fingerprint density at radius 2 is 1.70 bits per heavy atom. The number of hydrogen-bond acceptors (Lipinski definition) is 7. The van der Waals surface area contributed by atoms with Crippen molar-refractivity contribution in [2.24, 2.45) is 0 Å². The summed E-state index contributed by atoms with van der Waals surface area (Å²) in [4.78, 5) is 38.9. The van der Waals surface area contributed by atoms with Gasteiger partial charge in [-0.15, -0.1) is 0 Å². The molecular formula is C20H16F2N2O8S. The lowest BCUT2D eigenvalue weighted by Crippen LogP contribution is -2.38. The van der Waals surface area contributed by atoms with Crippen LogP contribution in [0.1, 0.15) is 16.7 Å². The number of nitrogens with zero attached hydrogens (tertiary/aromatic N) is 1. The molecule has 0 unspecified atom stereocenters. The predicted molar refractivity (Wildman–Crippen MR) is 109 cm³/mol. The number of carbonyl (C=O) groups is 1. The number of halogens is 2. The summed E-state index contributed by atoms with van der Waals surface area (Å²) in [5.74, 6) is -2.77. The van der Waals surface area contributed by atoms with Crippen LogP contribution in [0.2, 0.25) is 0 Å². The average molecular weight is 482 g/mol. The zero-order valence-electron chi connectivity index (χ0n) is 16.9. The minimum Gasteiger partial charge on any atom is -0.437 e. The molecule has 33 heavy (non-hydrogen) atoms. The molecule has 10 nitrogen and oxygen atoms in total. The van der Waals surface area contributed by atoms with E-state index in [0.29, 0.717) is 10.1 Å². The molecule has 0 aliphatic heterocycles. The monoisotopic (exact) mass is 482 g/mol. The van der Waals surface area contributed by atoms with Crippen molar-refractivity contribution in [3.8, 4) is 5.88 Å². The third-order valence-corrected chi connectivity index (χ3v) is 5.39. The highest BCUT2D eigenvalue weighted by atomic mass is 32.2. The molecule has 3 rings (SSSR count). The Kier molecular flexibility index (Phi) is 6.74. The van der Waals surface area contributed by atoms with Crippen molar-refractivity contribution in [3.05, 3.63) is 91.6 Å². The smallest absolute Gasteiger partial charge is 0.437 e. The predicted octanol–water partition coefficient (Wildman–Crippen LogP) is 1.85. The van der Waals surface area contributed by atoms with Crippen LogP contribution >= 0.6 is 0 Å². The molecule has 2 aromatic carbocycles. The molecule has 0 aliphatic carbocycles. The van der Waals surface area contributed by atoms with Crippen LogP contribution in [0.25, 0.3) is 0 Å². The molecule has 13 heteroatoms. The molecule has 0 saturated carbocycles. The summed E-state index contributed by atoms with van der Waals surface area (Å²) in [7, 11) is -3.43. The highest BCUT2D eigenvalue weighted by molar-refractivity contribution is 7.85. The second kappa shape index (κ2) is 9.34. The van der Waals surface area contributed by atoms with E-state index in [4.69, 9.17) is 9.29 Å². The van der Waals surface area contributed by atoms with E-state index in [1.54, 1.807) is 0 Å². The standard InChI is InChI=1S/C20H16F2N2O8S/c1-31-20(27)32-17-14(8-11-2-5-13(6-3-11)33(28,29)30)18(25)24(19(26)23-17)10-12-4-7-15(21)16(22)9-12/h2-7,9H,8,10H2,1H3,(H,23,26)(H,28,29,30). The fourth-order valence-corrected chi connectivity index (χ4v) is 3.39. The topological polar surface area (TPSA) is 145 Å². The van der Waals surface area contributed by atoms with Crippen molar-refractivity contribution < 1.29 is 36.0 Å². The van der Waals surface area contributed by atoms with Crippen LogP contribution in [0.3, 0.4) is 0 Å². The molecule has 0 aliphatic rings. The van der Waals surface area contributed by atoms with E-state index in [1.165, 1.54) is 18.2 Å². The van der Waals surface area contributed by atoms with E-state index < -0.39 is 51.6 Å². The lowest BCUT2D eigenvalue weighted by Gasteiger charge is -2.12. The van der Waals surface area contributed by atoms with Crippen LogP contribution in [-0.4, -0.2) is 35.8 Å². The first kappa shape index (κ1) is 23.8. The van der Waals surface area contributed by atoms with Gasteiger partial charge >= 0.3 is 11.8 Å². The molecule has 174 valence electrons. The highest BCUT2D eigenvalue weighted by Gasteiger charge is 2.20. The van der Waals surface area contributed by atoms with Crippen molar-refractivity contribution in [3.63, 3.8) is 0 Å². The van der Waals surface area contributed by atoms with Crippen LogP contribution in [0.5, 0.6) is 5.88 Å². The quantitative estimate of drug-likeness (QED) is 0.400. The van der Waals surface area contributed by atoms with Crippen molar-refractivity contribution in [2.45, 2.75) is 17.9 Å². The van der Waals surface area contributed by atoms with Gasteiger partial charge in [-0.2, -0.15) is 8.42 Å². The van der Waals surface area contributed by atoms with Gasteiger partial charge in [-0.05, 0) is 35.4 Å². The Labute approximate surface area is 184 Å². The first-order valence-electron chi connectivity index (χ1n) is 9.11. The van der Waals surface area contributed by atoms with E-state index in [9.17, 15) is 31.6 Å². The molecule has 0 atom stereocenters. The summed E-state index contributed by atoms with van der Waals surface area (Å²) < 4.78 is 68.2. The van der Waals surface area contributed by atoms with Gasteiger partial charge in [0.15, 0.2) is 11.6 Å². The van der Waals surface area contributed by atoms with Gasteiger partial charge in [-0.1, -0.05) is 18.2 Å². The Hall–Kier alpha value is -3.84. The number of carbonyl (C=O) groups excluding carboxylic acids is 1. The summed E-state index contributed by atoms with van der Waals surface area (Å²) in [5, 5.41) is 0. The number of aromatic amines is 1. The van der Waals surface area contributed by atoms with Crippen molar-refractivity contribution in [1.82, 2.24) is 9.55 Å². The Bertz CT molecular complexity index is 1430. The van der Waals surface area contributed by atoms with Gasteiger partial charge in [0, 0.05) is 6.42 Å². The fraction of sp³-hybridized carbons (Fsp3) is 0.150. The number of H-pyrrole nitrogens is 1. The first-order chi connectivity index (χ1) is 15.5.